The number of ketones is 1. The van der Waals surface area contributed by atoms with Crippen LogP contribution < -0.4 is 5.56 Å². The molecule has 5 nitrogen and oxygen atoms in total. The Morgan fingerprint density at radius 3 is 2.81 bits per heavy atom. The van der Waals surface area contributed by atoms with Crippen molar-refractivity contribution < 1.29 is 4.79 Å². The monoisotopic (exact) mass is 301 g/mol. The van der Waals surface area contributed by atoms with Crippen molar-refractivity contribution in [2.75, 3.05) is 0 Å². The Morgan fingerprint density at radius 1 is 1.33 bits per heavy atom. The first-order chi connectivity index (χ1) is 9.88. The molecule has 6 heteroatoms. The van der Waals surface area contributed by atoms with Crippen LogP contribution in [0.3, 0.4) is 0 Å². The number of carbonyl (C=O) groups excluding carboxylic acids is 1. The summed E-state index contributed by atoms with van der Waals surface area (Å²) >= 11 is 1.32. The Kier molecular flexibility index (Phi) is 3.13. The third kappa shape index (κ3) is 2.35. The molecule has 0 radical (unpaired) electrons. The first-order valence-corrected chi connectivity index (χ1v) is 7.45. The zero-order chi connectivity index (χ0) is 15.2. The molecule has 0 aromatic carbocycles. The molecule has 21 heavy (non-hydrogen) atoms. The maximum atomic E-state index is 12.5. The molecule has 0 saturated heterocycles. The maximum absolute atomic E-state index is 12.5. The van der Waals surface area contributed by atoms with Crippen molar-refractivity contribution >= 4 is 37.6 Å². The topological polar surface area (TPSA) is 64.8 Å². The van der Waals surface area contributed by atoms with Crippen molar-refractivity contribution in [1.82, 2.24) is 14.5 Å². The molecular weight excluding hydrogens is 286 g/mol. The van der Waals surface area contributed by atoms with E-state index < -0.39 is 5.41 Å². The summed E-state index contributed by atoms with van der Waals surface area (Å²) in [6.07, 6.45) is 3.15. The molecule has 3 heterocycles. The highest BCUT2D eigenvalue weighted by Gasteiger charge is 2.22. The minimum atomic E-state index is -0.476. The number of rotatable bonds is 2. The highest BCUT2D eigenvalue weighted by atomic mass is 32.1. The van der Waals surface area contributed by atoms with Crippen molar-refractivity contribution in [3.63, 3.8) is 0 Å². The van der Waals surface area contributed by atoms with E-state index in [-0.39, 0.29) is 17.9 Å². The first-order valence-electron chi connectivity index (χ1n) is 6.64. The lowest BCUT2D eigenvalue weighted by atomic mass is 9.91. The number of hydrogen-bond donors (Lipinski definition) is 0. The molecule has 0 atom stereocenters. The molecule has 0 N–H and O–H groups in total. The number of carbonyl (C=O) groups is 1. The second-order valence-corrected chi connectivity index (χ2v) is 6.99. The second-order valence-electron chi connectivity index (χ2n) is 5.99. The standard InChI is InChI=1S/C15H15N3O2S/c1-15(2,3)10(19)7-18-8-17-11-9-5-4-6-16-13(9)21-12(11)14(18)20/h4-6,8H,7H2,1-3H3. The third-order valence-electron chi connectivity index (χ3n) is 3.37. The van der Waals surface area contributed by atoms with Crippen LogP contribution in [-0.4, -0.2) is 20.3 Å². The lowest BCUT2D eigenvalue weighted by molar-refractivity contribution is -0.126. The van der Waals surface area contributed by atoms with E-state index in [2.05, 4.69) is 9.97 Å². The summed E-state index contributed by atoms with van der Waals surface area (Å²) in [5.74, 6) is 0.00462. The van der Waals surface area contributed by atoms with Crippen LogP contribution >= 0.6 is 11.3 Å². The summed E-state index contributed by atoms with van der Waals surface area (Å²) in [5, 5.41) is 0.879. The molecule has 0 aliphatic rings. The smallest absolute Gasteiger partial charge is 0.271 e. The fraction of sp³-hybridized carbons (Fsp3) is 0.333. The Balaban J connectivity index is 2.15. The summed E-state index contributed by atoms with van der Waals surface area (Å²) in [4.78, 5) is 34.0. The van der Waals surface area contributed by atoms with E-state index in [1.807, 2.05) is 32.9 Å². The van der Waals surface area contributed by atoms with Crippen molar-refractivity contribution in [3.8, 4) is 0 Å². The molecule has 0 bridgehead atoms. The molecule has 108 valence electrons. The summed E-state index contributed by atoms with van der Waals surface area (Å²) in [6.45, 7) is 5.58. The van der Waals surface area contributed by atoms with E-state index in [1.165, 1.54) is 22.2 Å². The quantitative estimate of drug-likeness (QED) is 0.730. The van der Waals surface area contributed by atoms with Gasteiger partial charge in [-0.1, -0.05) is 20.8 Å². The molecule has 3 rings (SSSR count). The van der Waals surface area contributed by atoms with Gasteiger partial charge in [-0.3, -0.25) is 14.2 Å². The number of hydrogen-bond acceptors (Lipinski definition) is 5. The van der Waals surface area contributed by atoms with Crippen molar-refractivity contribution in [2.24, 2.45) is 5.41 Å². The number of nitrogens with zero attached hydrogens (tertiary/aromatic N) is 3. The van der Waals surface area contributed by atoms with Gasteiger partial charge in [0.1, 0.15) is 9.53 Å². The van der Waals surface area contributed by atoms with E-state index in [0.717, 1.165) is 10.2 Å². The molecule has 0 unspecified atom stereocenters. The second kappa shape index (κ2) is 4.73. The minimum Gasteiger partial charge on any atom is -0.297 e. The van der Waals surface area contributed by atoms with Gasteiger partial charge >= 0.3 is 0 Å². The van der Waals surface area contributed by atoms with Gasteiger partial charge in [-0.15, -0.1) is 11.3 Å². The minimum absolute atomic E-state index is 0.00462. The fourth-order valence-electron chi connectivity index (χ4n) is 2.01. The summed E-state index contributed by atoms with van der Waals surface area (Å²) in [5.41, 5.74) is 0.00370. The Morgan fingerprint density at radius 2 is 2.10 bits per heavy atom. The van der Waals surface area contributed by atoms with E-state index in [9.17, 15) is 9.59 Å². The Labute approximate surface area is 125 Å². The summed E-state index contributed by atoms with van der Waals surface area (Å²) in [7, 11) is 0. The van der Waals surface area contributed by atoms with E-state index in [1.54, 1.807) is 6.20 Å². The van der Waals surface area contributed by atoms with Crippen LogP contribution in [0.4, 0.5) is 0 Å². The van der Waals surface area contributed by atoms with Crippen LogP contribution in [-0.2, 0) is 11.3 Å². The van der Waals surface area contributed by atoms with Crippen molar-refractivity contribution in [2.45, 2.75) is 27.3 Å². The summed E-state index contributed by atoms with van der Waals surface area (Å²) in [6, 6.07) is 3.73. The molecular formula is C15H15N3O2S. The maximum Gasteiger partial charge on any atom is 0.271 e. The van der Waals surface area contributed by atoms with Crippen LogP contribution in [0.2, 0.25) is 0 Å². The van der Waals surface area contributed by atoms with Gasteiger partial charge in [0, 0.05) is 17.0 Å². The highest BCUT2D eigenvalue weighted by molar-refractivity contribution is 7.25. The molecule has 3 aromatic heterocycles. The van der Waals surface area contributed by atoms with Gasteiger partial charge in [0.25, 0.3) is 5.56 Å². The lowest BCUT2D eigenvalue weighted by Crippen LogP contribution is -2.30. The summed E-state index contributed by atoms with van der Waals surface area (Å²) < 4.78 is 1.93. The average molecular weight is 301 g/mol. The normalized spacial score (nSPS) is 12.1. The Bertz CT molecular complexity index is 903. The molecule has 0 amide bonds. The Hall–Kier alpha value is -2.08. The van der Waals surface area contributed by atoms with Gasteiger partial charge in [0.05, 0.1) is 18.4 Å². The predicted molar refractivity (Wildman–Crippen MR) is 83.6 cm³/mol. The van der Waals surface area contributed by atoms with Gasteiger partial charge in [-0.2, -0.15) is 0 Å². The molecule has 0 saturated carbocycles. The first kappa shape index (κ1) is 13.9. The fourth-order valence-corrected chi connectivity index (χ4v) is 3.05. The predicted octanol–water partition coefficient (Wildman–Crippen LogP) is 2.62. The average Bonchev–Trinajstić information content (AvgIpc) is 2.80. The molecule has 0 fully saturated rings. The van der Waals surface area contributed by atoms with Gasteiger partial charge in [-0.05, 0) is 12.1 Å². The van der Waals surface area contributed by atoms with Crippen molar-refractivity contribution in [3.05, 3.63) is 35.0 Å². The third-order valence-corrected chi connectivity index (χ3v) is 4.46. The number of aromatic nitrogens is 3. The van der Waals surface area contributed by atoms with Gasteiger partial charge in [0.15, 0.2) is 5.78 Å². The van der Waals surface area contributed by atoms with E-state index in [4.69, 9.17) is 0 Å². The van der Waals surface area contributed by atoms with E-state index >= 15 is 0 Å². The molecule has 0 spiro atoms. The lowest BCUT2D eigenvalue weighted by Gasteiger charge is -2.16. The zero-order valence-electron chi connectivity index (χ0n) is 12.1. The SMILES string of the molecule is CC(C)(C)C(=O)Cn1cnc2c(sc3ncccc32)c1=O. The zero-order valence-corrected chi connectivity index (χ0v) is 12.9. The van der Waals surface area contributed by atoms with E-state index in [0.29, 0.717) is 10.2 Å². The van der Waals surface area contributed by atoms with Gasteiger partial charge in [-0.25, -0.2) is 9.97 Å². The highest BCUT2D eigenvalue weighted by Crippen LogP contribution is 2.28. The largest absolute Gasteiger partial charge is 0.297 e. The number of pyridine rings is 1. The number of fused-ring (bicyclic) bond motifs is 3. The van der Waals surface area contributed by atoms with Crippen LogP contribution in [0.15, 0.2) is 29.5 Å². The van der Waals surface area contributed by atoms with Crippen LogP contribution in [0.5, 0.6) is 0 Å². The van der Waals surface area contributed by atoms with Gasteiger partial charge in [0.2, 0.25) is 0 Å². The molecule has 3 aromatic rings. The van der Waals surface area contributed by atoms with Crippen LogP contribution in [0.1, 0.15) is 20.8 Å². The van der Waals surface area contributed by atoms with Crippen LogP contribution in [0, 0.1) is 5.41 Å². The molecule has 0 aliphatic heterocycles. The number of Topliss-reactive ketones (excluding diaryl/α,β-unsaturated/α-hetero) is 1. The van der Waals surface area contributed by atoms with Crippen LogP contribution in [0.25, 0.3) is 20.4 Å². The van der Waals surface area contributed by atoms with Crippen molar-refractivity contribution in [1.29, 1.82) is 0 Å². The molecule has 0 aliphatic carbocycles. The number of thiophene rings is 1. The van der Waals surface area contributed by atoms with Gasteiger partial charge < -0.3 is 0 Å².